The number of nitrogens with zero attached hydrogens (tertiary/aromatic N) is 12. The zero-order valence-electron chi connectivity index (χ0n) is 62.1. The lowest BCUT2D eigenvalue weighted by Gasteiger charge is -2.32. The van der Waals surface area contributed by atoms with Gasteiger partial charge in [-0.1, -0.05) is 65.7 Å². The lowest BCUT2D eigenvalue weighted by Crippen LogP contribution is -2.45. The number of pyridine rings is 3. The molecule has 7 aromatic rings. The fraction of sp³-hybridized carbons (Fsp3) is 0.467. The first-order valence-corrected chi connectivity index (χ1v) is 36.6. The van der Waals surface area contributed by atoms with E-state index < -0.39 is 0 Å². The van der Waals surface area contributed by atoms with Gasteiger partial charge in [-0.05, 0) is 193 Å². The van der Waals surface area contributed by atoms with Gasteiger partial charge in [-0.25, -0.2) is 44.3 Å². The van der Waals surface area contributed by atoms with Crippen LogP contribution in [0.3, 0.4) is 0 Å². The number of nitrogens with one attached hydrogen (secondary N) is 11. The van der Waals surface area contributed by atoms with Crippen LogP contribution in [-0.4, -0.2) is 218 Å². The van der Waals surface area contributed by atoms with Crippen molar-refractivity contribution in [3.8, 4) is 33.4 Å². The largest absolute Gasteiger partial charge is 0.356 e. The van der Waals surface area contributed by atoms with E-state index in [0.717, 1.165) is 184 Å². The van der Waals surface area contributed by atoms with Crippen molar-refractivity contribution in [2.45, 2.75) is 107 Å². The molecule has 2 fully saturated rings. The Bertz CT molecular complexity index is 3880. The van der Waals surface area contributed by atoms with Gasteiger partial charge in [0.1, 0.15) is 29.1 Å². The molecule has 11 rings (SSSR count). The summed E-state index contributed by atoms with van der Waals surface area (Å²) in [6.45, 7) is 33.9. The highest BCUT2D eigenvalue weighted by Gasteiger charge is 2.26. The Morgan fingerprint density at radius 3 is 1.43 bits per heavy atom. The first-order valence-electron chi connectivity index (χ1n) is 35.8. The van der Waals surface area contributed by atoms with Gasteiger partial charge >= 0.3 is 18.1 Å². The maximum atomic E-state index is 12.6. The Kier molecular flexibility index (Phi) is 28.8. The van der Waals surface area contributed by atoms with E-state index in [4.69, 9.17) is 43.1 Å². The number of benzene rings is 3. The summed E-state index contributed by atoms with van der Waals surface area (Å²) in [5.41, 5.74) is 12.1. The Hall–Kier alpha value is -9.02. The summed E-state index contributed by atoms with van der Waals surface area (Å²) < 4.78 is 0. The summed E-state index contributed by atoms with van der Waals surface area (Å²) in [5.74, 6) is 4.68. The molecule has 0 aliphatic carbocycles. The maximum absolute atomic E-state index is 12.6. The average molecular weight is 1450 g/mol. The highest BCUT2D eigenvalue weighted by atomic mass is 35.5. The Balaban J connectivity index is 0.000000180. The number of likely N-dealkylation sites (N-methyl/N-ethyl adjacent to an activating group) is 2. The zero-order valence-corrected chi connectivity index (χ0v) is 63.7. The van der Waals surface area contributed by atoms with Crippen LogP contribution in [0.5, 0.6) is 0 Å². The lowest BCUT2D eigenvalue weighted by molar-refractivity contribution is 0.153. The number of halogens is 2. The van der Waals surface area contributed by atoms with Crippen LogP contribution >= 0.6 is 23.2 Å². The number of hydrogen-bond donors (Lipinski definition) is 11. The maximum Gasteiger partial charge on any atom is 0.320 e. The van der Waals surface area contributed by atoms with Crippen LogP contribution in [0, 0.1) is 27.7 Å². The number of aryl methyl sites for hydroxylation is 4. The number of hydrogen-bond acceptors (Lipinski definition) is 20. The third-order valence-electron chi connectivity index (χ3n) is 17.8. The van der Waals surface area contributed by atoms with Crippen molar-refractivity contribution in [2.24, 2.45) is 9.98 Å². The van der Waals surface area contributed by atoms with Gasteiger partial charge in [0.25, 0.3) is 0 Å². The smallest absolute Gasteiger partial charge is 0.320 e. The van der Waals surface area contributed by atoms with E-state index in [2.05, 4.69) is 170 Å². The third-order valence-corrected chi connectivity index (χ3v) is 18.4. The second-order valence-corrected chi connectivity index (χ2v) is 28.2. The van der Waals surface area contributed by atoms with E-state index in [9.17, 15) is 14.4 Å². The molecule has 4 aliphatic heterocycles. The molecule has 0 radical (unpaired) electrons. The molecule has 0 unspecified atom stereocenters. The van der Waals surface area contributed by atoms with Crippen molar-refractivity contribution < 1.29 is 14.4 Å². The normalized spacial score (nSPS) is 14.7. The minimum Gasteiger partial charge on any atom is -0.356 e. The molecule has 8 heterocycles. The number of aromatic nitrogens is 5. The molecule has 11 N–H and O–H groups in total. The predicted octanol–water partition coefficient (Wildman–Crippen LogP) is 11.3. The molecule has 103 heavy (non-hydrogen) atoms. The molecule has 4 aromatic heterocycles. The summed E-state index contributed by atoms with van der Waals surface area (Å²) in [5, 5.41) is 35.7. The van der Waals surface area contributed by atoms with E-state index in [-0.39, 0.29) is 30.2 Å². The standard InChI is InChI=1S/C27H40N8O.C25H34Cl2N8O.C23H31N7O/c1-18(2)30-27(36)33-25-22(23-19(3)8-6-9-20(23)4)16-21-17-29-26(32-24(21)31-25)28-10-7-11-35-14-12-34(5)13-15-35;1-16(2)30-25(36)33-23-18(21-19(26)6-4-7-20(21)27)14-17-15-29-24(32-22(17)31-23)28-8-5-9-35-12-10-34(3)11-13-35;1-6-24-23(31)29-21-18(19-15(2)9-7-10-16(19)3)13-17-14-26-22(28-20(17)27-21)25-11-8-12-30(4)5/h6,8-9,16,18H,7,10-15,17H2,1-5H3,(H4,28,29,30,31,32,33,36);4,6-7,14,16H,5,8-13,15H2,1-3H3,(H4,28,29,30,31,32,33,36);7,9-10,13-14H,6,8,11-12H2,1-5H3,(H3,24,25,26,27,28,29,31). The summed E-state index contributed by atoms with van der Waals surface area (Å²) in [7, 11) is 8.45. The topological polar surface area (TPSA) is 289 Å². The second kappa shape index (κ2) is 37.9. The molecule has 0 spiro atoms. The number of piperazine rings is 2. The molecule has 552 valence electrons. The number of urea groups is 3. The van der Waals surface area contributed by atoms with Crippen LogP contribution in [0.25, 0.3) is 44.4 Å². The third kappa shape index (κ3) is 22.7. The number of rotatable bonds is 22. The van der Waals surface area contributed by atoms with E-state index in [1.165, 1.54) is 0 Å². The summed E-state index contributed by atoms with van der Waals surface area (Å²) in [4.78, 5) is 82.0. The van der Waals surface area contributed by atoms with Crippen molar-refractivity contribution in [1.82, 2.24) is 76.0 Å². The Labute approximate surface area is 617 Å². The molecule has 26 nitrogen and oxygen atoms in total. The van der Waals surface area contributed by atoms with E-state index in [1.54, 1.807) is 24.4 Å². The summed E-state index contributed by atoms with van der Waals surface area (Å²) in [6, 6.07) is 22.8. The van der Waals surface area contributed by atoms with Gasteiger partial charge in [0.05, 0.1) is 23.1 Å². The number of amides is 6. The van der Waals surface area contributed by atoms with Crippen LogP contribution < -0.4 is 58.5 Å². The number of carbonyl (C=O) groups is 3. The summed E-state index contributed by atoms with van der Waals surface area (Å²) >= 11 is 13.0. The number of aliphatic imine (C=N–C) groups is 2. The number of carbonyl (C=O) groups excluding carboxylic acids is 3. The van der Waals surface area contributed by atoms with Gasteiger partial charge in [-0.15, -0.1) is 0 Å². The van der Waals surface area contributed by atoms with Crippen molar-refractivity contribution in [1.29, 1.82) is 0 Å². The molecule has 3 aromatic carbocycles. The van der Waals surface area contributed by atoms with Crippen LogP contribution in [0.1, 0.15) is 87.3 Å². The van der Waals surface area contributed by atoms with Gasteiger partial charge in [0.15, 0.2) is 17.6 Å². The van der Waals surface area contributed by atoms with Crippen LogP contribution in [0.4, 0.5) is 49.4 Å². The Morgan fingerprint density at radius 2 is 0.971 bits per heavy atom. The molecule has 0 atom stereocenters. The first-order chi connectivity index (χ1) is 49.5. The fourth-order valence-electron chi connectivity index (χ4n) is 12.4. The highest BCUT2D eigenvalue weighted by Crippen LogP contribution is 2.41. The quantitative estimate of drug-likeness (QED) is 0.0281. The molecule has 0 bridgehead atoms. The van der Waals surface area contributed by atoms with Gasteiger partial charge in [-0.2, -0.15) is 4.98 Å². The molecule has 4 aliphatic rings. The van der Waals surface area contributed by atoms with E-state index in [0.29, 0.717) is 81.6 Å². The van der Waals surface area contributed by atoms with Gasteiger partial charge in [0.2, 0.25) is 5.95 Å². The highest BCUT2D eigenvalue weighted by molar-refractivity contribution is 6.39. The molecule has 0 saturated carbocycles. The average Bonchev–Trinajstić information content (AvgIpc) is 0.790. The minimum atomic E-state index is -0.353. The number of guanidine groups is 2. The zero-order chi connectivity index (χ0) is 73.7. The van der Waals surface area contributed by atoms with Crippen LogP contribution in [0.15, 0.2) is 89.0 Å². The van der Waals surface area contributed by atoms with Crippen LogP contribution in [-0.2, 0) is 13.1 Å². The van der Waals surface area contributed by atoms with Crippen molar-refractivity contribution in [2.75, 3.05) is 158 Å². The molecule has 2 saturated heterocycles. The van der Waals surface area contributed by atoms with Crippen LogP contribution in [0.2, 0.25) is 10.0 Å². The molecule has 28 heteroatoms. The van der Waals surface area contributed by atoms with Crippen molar-refractivity contribution >= 4 is 99.3 Å². The Morgan fingerprint density at radius 1 is 0.544 bits per heavy atom. The summed E-state index contributed by atoms with van der Waals surface area (Å²) in [6.07, 6.45) is 4.84. The van der Waals surface area contributed by atoms with E-state index >= 15 is 0 Å². The molecular weight excluding hydrogens is 1340 g/mol. The molecule has 6 amide bonds. The van der Waals surface area contributed by atoms with Gasteiger partial charge in [0, 0.05) is 136 Å². The van der Waals surface area contributed by atoms with Crippen molar-refractivity contribution in [3.63, 3.8) is 0 Å². The number of fused-ring (bicyclic) bond motifs is 3. The second-order valence-electron chi connectivity index (χ2n) is 27.4. The minimum absolute atomic E-state index is 0.0260. The SMILES string of the molecule is CC(C)NC(=O)Nc1nc2c(cc1-c1c(Cl)cccc1Cl)CN=C(NCCCN1CCN(C)CC1)N2.CCNC(=O)Nc1nc2nc(NCCCN(C)C)ncc2cc1-c1c(C)cccc1C.Cc1cccc(C)c1-c1cc2c(nc1NC(=O)NC(C)C)NC(NCCCN1CCN(C)CC1)=NC2. The van der Waals surface area contributed by atoms with E-state index in [1.807, 2.05) is 73.0 Å². The fourth-order valence-corrected chi connectivity index (χ4v) is 13.0. The molecular formula is C75H105Cl2N23O3. The van der Waals surface area contributed by atoms with Gasteiger partial charge in [-0.3, -0.25) is 16.0 Å². The first kappa shape index (κ1) is 78.1. The number of anilines is 6. The van der Waals surface area contributed by atoms with Crippen molar-refractivity contribution in [3.05, 3.63) is 122 Å². The lowest BCUT2D eigenvalue weighted by atomic mass is 9.95. The monoisotopic (exact) mass is 1450 g/mol. The van der Waals surface area contributed by atoms with Gasteiger partial charge < -0.3 is 67.0 Å². The predicted molar refractivity (Wildman–Crippen MR) is 423 cm³/mol.